The van der Waals surface area contributed by atoms with E-state index < -0.39 is 6.04 Å². The van der Waals surface area contributed by atoms with Crippen molar-refractivity contribution in [3.63, 3.8) is 0 Å². The van der Waals surface area contributed by atoms with Gasteiger partial charge in [-0.1, -0.05) is 61.8 Å². The Morgan fingerprint density at radius 1 is 1.02 bits per heavy atom. The number of amides is 1. The number of fused-ring (bicyclic) bond motifs is 1. The molecule has 2 N–H and O–H groups in total. The summed E-state index contributed by atoms with van der Waals surface area (Å²) in [6.07, 6.45) is 5.16. The lowest BCUT2D eigenvalue weighted by atomic mass is 9.90. The van der Waals surface area contributed by atoms with Crippen LogP contribution in [0.1, 0.15) is 31.0 Å². The van der Waals surface area contributed by atoms with Crippen molar-refractivity contribution in [1.82, 2.24) is 29.5 Å². The van der Waals surface area contributed by atoms with Gasteiger partial charge >= 0.3 is 0 Å². The van der Waals surface area contributed by atoms with E-state index in [1.165, 1.54) is 6.33 Å². The maximum absolute atomic E-state index is 14.1. The second-order valence-corrected chi connectivity index (χ2v) is 10.4. The highest BCUT2D eigenvalue weighted by molar-refractivity contribution is 6.30. The van der Waals surface area contributed by atoms with E-state index in [2.05, 4.69) is 25.7 Å². The number of carbonyl (C=O) groups excluding carboxylic acids is 1. The van der Waals surface area contributed by atoms with Crippen molar-refractivity contribution in [2.75, 3.05) is 10.6 Å². The lowest BCUT2D eigenvalue weighted by molar-refractivity contribution is -0.113. The summed E-state index contributed by atoms with van der Waals surface area (Å²) in [5.41, 5.74) is 5.52. The average Bonchev–Trinajstić information content (AvgIpc) is 3.62. The molecule has 10 heteroatoms. The van der Waals surface area contributed by atoms with Gasteiger partial charge in [0.05, 0.1) is 17.0 Å². The molecule has 0 radical (unpaired) electrons. The molecule has 0 fully saturated rings. The van der Waals surface area contributed by atoms with Crippen LogP contribution in [0, 0.1) is 12.8 Å². The van der Waals surface area contributed by atoms with Gasteiger partial charge in [0.1, 0.15) is 18.2 Å². The van der Waals surface area contributed by atoms with Gasteiger partial charge in [-0.15, -0.1) is 0 Å². The number of nitrogens with zero attached hydrogens (tertiary/aromatic N) is 6. The minimum Gasteiger partial charge on any atom is -0.327 e. The van der Waals surface area contributed by atoms with Crippen LogP contribution < -0.4 is 10.6 Å². The van der Waals surface area contributed by atoms with Gasteiger partial charge in [0.2, 0.25) is 5.95 Å². The molecule has 1 amide bonds. The highest BCUT2D eigenvalue weighted by atomic mass is 35.5. The highest BCUT2D eigenvalue weighted by Gasteiger charge is 2.38. The Hall–Kier alpha value is -4.76. The fourth-order valence-electron chi connectivity index (χ4n) is 4.83. The molecule has 1 atom stereocenters. The highest BCUT2D eigenvalue weighted by Crippen LogP contribution is 2.41. The first-order chi connectivity index (χ1) is 19.4. The van der Waals surface area contributed by atoms with Crippen molar-refractivity contribution in [1.29, 1.82) is 0 Å². The number of hydrogen-bond acceptors (Lipinski definition) is 6. The van der Waals surface area contributed by atoms with Crippen molar-refractivity contribution in [3.05, 3.63) is 113 Å². The maximum atomic E-state index is 14.1. The topological polar surface area (TPSA) is 103 Å². The summed E-state index contributed by atoms with van der Waals surface area (Å²) < 4.78 is 3.55. The minimum absolute atomic E-state index is 0.0113. The van der Waals surface area contributed by atoms with Crippen molar-refractivity contribution >= 4 is 29.3 Å². The first-order valence-corrected chi connectivity index (χ1v) is 13.3. The summed E-state index contributed by atoms with van der Waals surface area (Å²) in [5, 5.41) is 16.5. The summed E-state index contributed by atoms with van der Waals surface area (Å²) in [5.74, 6) is 0.719. The fourth-order valence-corrected chi connectivity index (χ4v) is 4.96. The third kappa shape index (κ3) is 4.76. The Balaban J connectivity index is 1.56. The molecular weight excluding hydrogens is 524 g/mol. The van der Waals surface area contributed by atoms with Crippen LogP contribution in [0.15, 0.2) is 96.7 Å². The third-order valence-electron chi connectivity index (χ3n) is 6.78. The molecule has 0 saturated heterocycles. The van der Waals surface area contributed by atoms with Crippen molar-refractivity contribution in [3.8, 4) is 16.9 Å². The SMILES string of the molecule is Cc1ccc(NC(=O)C2=C(C(C)C)Nc3ncnn3C2c2cn(-c3ccccc3)nc2-c2ccc(Cl)cc2)nc1. The molecule has 1 unspecified atom stereocenters. The number of aryl methyl sites for hydroxylation is 1. The molecule has 4 heterocycles. The predicted molar refractivity (Wildman–Crippen MR) is 155 cm³/mol. The molecule has 0 spiro atoms. The molecule has 9 nitrogen and oxygen atoms in total. The van der Waals surface area contributed by atoms with E-state index in [1.807, 2.05) is 92.3 Å². The number of pyridine rings is 1. The van der Waals surface area contributed by atoms with Gasteiger partial charge in [0.25, 0.3) is 5.91 Å². The number of anilines is 2. The smallest absolute Gasteiger partial charge is 0.257 e. The molecule has 6 rings (SSSR count). The van der Waals surface area contributed by atoms with Crippen LogP contribution in [0.25, 0.3) is 16.9 Å². The van der Waals surface area contributed by atoms with E-state index in [9.17, 15) is 4.79 Å². The molecule has 3 aromatic heterocycles. The minimum atomic E-state index is -0.621. The lowest BCUT2D eigenvalue weighted by Gasteiger charge is -2.31. The van der Waals surface area contributed by atoms with E-state index in [4.69, 9.17) is 16.7 Å². The molecule has 0 bridgehead atoms. The van der Waals surface area contributed by atoms with Crippen LogP contribution in [-0.2, 0) is 4.79 Å². The number of carbonyl (C=O) groups is 1. The lowest BCUT2D eigenvalue weighted by Crippen LogP contribution is -2.33. The number of rotatable bonds is 6. The monoisotopic (exact) mass is 550 g/mol. The zero-order valence-corrected chi connectivity index (χ0v) is 23.0. The number of allylic oxidation sites excluding steroid dienone is 1. The number of para-hydroxylation sites is 1. The first-order valence-electron chi connectivity index (χ1n) is 12.9. The van der Waals surface area contributed by atoms with Gasteiger partial charge in [-0.3, -0.25) is 4.79 Å². The van der Waals surface area contributed by atoms with Crippen LogP contribution in [-0.4, -0.2) is 35.4 Å². The van der Waals surface area contributed by atoms with Crippen LogP contribution in [0.2, 0.25) is 5.02 Å². The number of hydrogen-bond donors (Lipinski definition) is 2. The van der Waals surface area contributed by atoms with E-state index >= 15 is 0 Å². The van der Waals surface area contributed by atoms with Gasteiger partial charge in [0, 0.05) is 34.2 Å². The standard InChI is InChI=1S/C30H27ClN8O/c1-18(2)26-25(29(40)35-24-14-9-19(3)15-32-24)28(39-30(36-26)33-17-34-39)23-16-38(22-7-5-4-6-8-22)37-27(23)20-10-12-21(31)13-11-20/h4-18,28H,1-3H3,(H,32,35,40)(H,33,34,36). The predicted octanol–water partition coefficient (Wildman–Crippen LogP) is 6.05. The summed E-state index contributed by atoms with van der Waals surface area (Å²) in [6, 6.07) is 20.4. The Kier molecular flexibility index (Phi) is 6.65. The molecule has 40 heavy (non-hydrogen) atoms. The molecule has 1 aliphatic heterocycles. The quantitative estimate of drug-likeness (QED) is 0.267. The summed E-state index contributed by atoms with van der Waals surface area (Å²) in [4.78, 5) is 22.9. The normalized spacial score (nSPS) is 14.7. The van der Waals surface area contributed by atoms with Crippen LogP contribution in [0.5, 0.6) is 0 Å². The number of aromatic nitrogens is 6. The molecule has 0 saturated carbocycles. The number of halogens is 1. The Morgan fingerprint density at radius 2 is 1.80 bits per heavy atom. The van der Waals surface area contributed by atoms with Crippen LogP contribution in [0.4, 0.5) is 11.8 Å². The average molecular weight is 551 g/mol. The van der Waals surface area contributed by atoms with Crippen molar-refractivity contribution in [2.45, 2.75) is 26.8 Å². The van der Waals surface area contributed by atoms with E-state index in [-0.39, 0.29) is 11.8 Å². The van der Waals surface area contributed by atoms with E-state index in [1.54, 1.807) is 16.9 Å². The molecule has 200 valence electrons. The molecule has 5 aromatic rings. The Labute approximate surface area is 236 Å². The summed E-state index contributed by atoms with van der Waals surface area (Å²) >= 11 is 6.22. The van der Waals surface area contributed by atoms with Crippen LogP contribution in [0.3, 0.4) is 0 Å². The Bertz CT molecular complexity index is 1700. The fraction of sp³-hybridized carbons (Fsp3) is 0.167. The first kappa shape index (κ1) is 25.5. The Morgan fingerprint density at radius 3 is 2.50 bits per heavy atom. The summed E-state index contributed by atoms with van der Waals surface area (Å²) in [7, 11) is 0. The number of benzene rings is 2. The van der Waals surface area contributed by atoms with Gasteiger partial charge in [0.15, 0.2) is 0 Å². The maximum Gasteiger partial charge on any atom is 0.257 e. The summed E-state index contributed by atoms with van der Waals surface area (Å²) in [6.45, 7) is 6.03. The van der Waals surface area contributed by atoms with Crippen molar-refractivity contribution < 1.29 is 4.79 Å². The third-order valence-corrected chi connectivity index (χ3v) is 7.03. The molecule has 1 aliphatic rings. The zero-order valence-electron chi connectivity index (χ0n) is 22.2. The molecule has 2 aromatic carbocycles. The largest absolute Gasteiger partial charge is 0.327 e. The second kappa shape index (κ2) is 10.4. The van der Waals surface area contributed by atoms with Crippen molar-refractivity contribution in [2.24, 2.45) is 5.92 Å². The van der Waals surface area contributed by atoms with Gasteiger partial charge < -0.3 is 10.6 Å². The zero-order chi connectivity index (χ0) is 27.8. The van der Waals surface area contributed by atoms with Gasteiger partial charge in [-0.05, 0) is 48.7 Å². The van der Waals surface area contributed by atoms with E-state index in [0.29, 0.717) is 28.1 Å². The van der Waals surface area contributed by atoms with E-state index in [0.717, 1.165) is 28.1 Å². The number of nitrogens with one attached hydrogen (secondary N) is 2. The molecule has 0 aliphatic carbocycles. The van der Waals surface area contributed by atoms with Gasteiger partial charge in [-0.2, -0.15) is 15.2 Å². The second-order valence-electron chi connectivity index (χ2n) is 9.93. The van der Waals surface area contributed by atoms with Gasteiger partial charge in [-0.25, -0.2) is 14.3 Å². The van der Waals surface area contributed by atoms with Crippen LogP contribution >= 0.6 is 11.6 Å². The molecular formula is C30H27ClN8O.